The van der Waals surface area contributed by atoms with Crippen LogP contribution in [-0.2, 0) is 0 Å². The second-order valence-electron chi connectivity index (χ2n) is 4.72. The molecule has 0 saturated heterocycles. The van der Waals surface area contributed by atoms with Crippen molar-refractivity contribution in [2.75, 3.05) is 5.73 Å². The topological polar surface area (TPSA) is 48.1 Å². The third kappa shape index (κ3) is 2.69. The number of aryl methyl sites for hydroxylation is 1. The fraction of sp³-hybridized carbons (Fsp3) is 0.0625. The Morgan fingerprint density at radius 1 is 1.19 bits per heavy atom. The highest BCUT2D eigenvalue weighted by atomic mass is 79.9. The van der Waals surface area contributed by atoms with Gasteiger partial charge in [-0.25, -0.2) is 4.39 Å². The molecule has 0 aliphatic carbocycles. The summed E-state index contributed by atoms with van der Waals surface area (Å²) in [6.45, 7) is 1.79. The zero-order chi connectivity index (χ0) is 15.0. The van der Waals surface area contributed by atoms with Gasteiger partial charge in [0.2, 0.25) is 0 Å². The molecule has 0 saturated carbocycles. The van der Waals surface area contributed by atoms with Gasteiger partial charge in [-0.1, -0.05) is 15.9 Å². The molecule has 0 radical (unpaired) electrons. The van der Waals surface area contributed by atoms with E-state index in [4.69, 9.17) is 10.5 Å². The van der Waals surface area contributed by atoms with Gasteiger partial charge < -0.3 is 10.5 Å². The number of hydrogen-bond acceptors (Lipinski definition) is 3. The van der Waals surface area contributed by atoms with E-state index in [9.17, 15) is 4.39 Å². The summed E-state index contributed by atoms with van der Waals surface area (Å²) in [5.41, 5.74) is 7.91. The van der Waals surface area contributed by atoms with Crippen molar-refractivity contribution in [1.82, 2.24) is 4.98 Å². The number of rotatable bonds is 2. The number of nitrogens with two attached hydrogens (primary N) is 1. The van der Waals surface area contributed by atoms with Crippen LogP contribution in [0.4, 0.5) is 10.1 Å². The number of ether oxygens (including phenoxy) is 1. The molecule has 5 heteroatoms. The number of nitrogen functional groups attached to an aromatic ring is 1. The molecule has 0 unspecified atom stereocenters. The highest BCUT2D eigenvalue weighted by Crippen LogP contribution is 2.36. The smallest absolute Gasteiger partial charge is 0.161 e. The predicted octanol–water partition coefficient (Wildman–Crippen LogP) is 4.82. The van der Waals surface area contributed by atoms with Crippen molar-refractivity contribution in [3.8, 4) is 11.5 Å². The third-order valence-corrected chi connectivity index (χ3v) is 3.65. The predicted molar refractivity (Wildman–Crippen MR) is 85.1 cm³/mol. The Labute approximate surface area is 129 Å². The van der Waals surface area contributed by atoms with Crippen molar-refractivity contribution >= 4 is 32.5 Å². The van der Waals surface area contributed by atoms with E-state index in [-0.39, 0.29) is 5.82 Å². The van der Waals surface area contributed by atoms with E-state index in [1.54, 1.807) is 19.2 Å². The molecule has 106 valence electrons. The van der Waals surface area contributed by atoms with Crippen LogP contribution < -0.4 is 10.5 Å². The number of benzene rings is 2. The molecule has 1 heterocycles. The summed E-state index contributed by atoms with van der Waals surface area (Å²) in [6.07, 6.45) is 1.56. The van der Waals surface area contributed by atoms with E-state index in [0.717, 1.165) is 15.4 Å². The van der Waals surface area contributed by atoms with Gasteiger partial charge in [-0.3, -0.25) is 4.98 Å². The van der Waals surface area contributed by atoms with Gasteiger partial charge in [0.15, 0.2) is 5.75 Å². The summed E-state index contributed by atoms with van der Waals surface area (Å²) in [4.78, 5) is 4.27. The second kappa shape index (κ2) is 5.33. The minimum Gasteiger partial charge on any atom is -0.454 e. The van der Waals surface area contributed by atoms with Gasteiger partial charge in [0, 0.05) is 9.86 Å². The molecule has 0 fully saturated rings. The minimum atomic E-state index is -0.296. The Balaban J connectivity index is 2.15. The van der Waals surface area contributed by atoms with Crippen molar-refractivity contribution in [3.63, 3.8) is 0 Å². The van der Waals surface area contributed by atoms with Crippen molar-refractivity contribution in [2.24, 2.45) is 0 Å². The van der Waals surface area contributed by atoms with Crippen LogP contribution in [0.2, 0.25) is 0 Å². The Hall–Kier alpha value is -2.14. The summed E-state index contributed by atoms with van der Waals surface area (Å²) < 4.78 is 20.0. The summed E-state index contributed by atoms with van der Waals surface area (Å²) in [7, 11) is 0. The first kappa shape index (κ1) is 13.8. The lowest BCUT2D eigenvalue weighted by Crippen LogP contribution is -1.96. The lowest BCUT2D eigenvalue weighted by molar-refractivity contribution is 0.484. The molecule has 0 spiro atoms. The highest BCUT2D eigenvalue weighted by Gasteiger charge is 2.11. The molecule has 3 rings (SSSR count). The van der Waals surface area contributed by atoms with Crippen LogP contribution in [0.25, 0.3) is 10.9 Å². The number of nitrogens with zero attached hydrogens (tertiary/aromatic N) is 1. The average molecular weight is 347 g/mol. The number of anilines is 1. The van der Waals surface area contributed by atoms with Gasteiger partial charge in [0.05, 0.1) is 17.4 Å². The first-order valence-electron chi connectivity index (χ1n) is 6.32. The van der Waals surface area contributed by atoms with Gasteiger partial charge in [-0.05, 0) is 48.9 Å². The number of fused-ring (bicyclic) bond motifs is 1. The van der Waals surface area contributed by atoms with Crippen LogP contribution in [0.3, 0.4) is 0 Å². The maximum absolute atomic E-state index is 13.2. The van der Waals surface area contributed by atoms with Gasteiger partial charge in [-0.15, -0.1) is 0 Å². The molecule has 1 aromatic heterocycles. The SMILES string of the molecule is Cc1cc(F)ccc1Oc1c(N)cnc2ccc(Br)cc12. The van der Waals surface area contributed by atoms with E-state index in [1.807, 2.05) is 18.2 Å². The number of hydrogen-bond donors (Lipinski definition) is 1. The first-order valence-corrected chi connectivity index (χ1v) is 7.11. The molecule has 0 bridgehead atoms. The minimum absolute atomic E-state index is 0.296. The zero-order valence-electron chi connectivity index (χ0n) is 11.2. The number of halogens is 2. The molecule has 0 aliphatic rings. The standard InChI is InChI=1S/C16H12BrFN2O/c1-9-6-11(18)3-5-15(9)21-16-12-7-10(17)2-4-14(12)20-8-13(16)19/h2-8H,19H2,1H3. The molecule has 3 nitrogen and oxygen atoms in total. The molecule has 0 aliphatic heterocycles. The molecule has 3 aromatic rings. The molecule has 21 heavy (non-hydrogen) atoms. The molecule has 0 amide bonds. The van der Waals surface area contributed by atoms with Crippen LogP contribution in [0, 0.1) is 12.7 Å². The Morgan fingerprint density at radius 3 is 2.76 bits per heavy atom. The zero-order valence-corrected chi connectivity index (χ0v) is 12.8. The van der Waals surface area contributed by atoms with E-state index >= 15 is 0 Å². The van der Waals surface area contributed by atoms with Crippen LogP contribution in [0.5, 0.6) is 11.5 Å². The van der Waals surface area contributed by atoms with Crippen LogP contribution in [0.15, 0.2) is 47.1 Å². The van der Waals surface area contributed by atoms with Gasteiger partial charge in [-0.2, -0.15) is 0 Å². The number of aromatic nitrogens is 1. The summed E-state index contributed by atoms with van der Waals surface area (Å²) in [6, 6.07) is 10.0. The monoisotopic (exact) mass is 346 g/mol. The van der Waals surface area contributed by atoms with Crippen molar-refractivity contribution < 1.29 is 9.13 Å². The quantitative estimate of drug-likeness (QED) is 0.723. The van der Waals surface area contributed by atoms with Crippen molar-refractivity contribution in [2.45, 2.75) is 6.92 Å². The molecule has 0 atom stereocenters. The normalized spacial score (nSPS) is 10.8. The van der Waals surface area contributed by atoms with E-state index in [2.05, 4.69) is 20.9 Å². The van der Waals surface area contributed by atoms with Crippen LogP contribution >= 0.6 is 15.9 Å². The Morgan fingerprint density at radius 2 is 2.00 bits per heavy atom. The first-order chi connectivity index (χ1) is 10.0. The van der Waals surface area contributed by atoms with E-state index in [0.29, 0.717) is 22.7 Å². The van der Waals surface area contributed by atoms with Crippen LogP contribution in [0.1, 0.15) is 5.56 Å². The summed E-state index contributed by atoms with van der Waals surface area (Å²) in [5, 5.41) is 0.799. The van der Waals surface area contributed by atoms with Crippen molar-refractivity contribution in [1.29, 1.82) is 0 Å². The molecular formula is C16H12BrFN2O. The van der Waals surface area contributed by atoms with Gasteiger partial charge in [0.1, 0.15) is 11.6 Å². The molecule has 2 N–H and O–H groups in total. The Bertz CT molecular complexity index is 831. The largest absolute Gasteiger partial charge is 0.454 e. The van der Waals surface area contributed by atoms with Crippen LogP contribution in [-0.4, -0.2) is 4.98 Å². The van der Waals surface area contributed by atoms with Gasteiger partial charge >= 0.3 is 0 Å². The number of pyridine rings is 1. The van der Waals surface area contributed by atoms with Crippen molar-refractivity contribution in [3.05, 3.63) is 58.4 Å². The fourth-order valence-electron chi connectivity index (χ4n) is 2.11. The second-order valence-corrected chi connectivity index (χ2v) is 5.63. The third-order valence-electron chi connectivity index (χ3n) is 3.16. The Kier molecular flexibility index (Phi) is 3.51. The van der Waals surface area contributed by atoms with E-state index < -0.39 is 0 Å². The molecule has 2 aromatic carbocycles. The highest BCUT2D eigenvalue weighted by molar-refractivity contribution is 9.10. The fourth-order valence-corrected chi connectivity index (χ4v) is 2.47. The maximum atomic E-state index is 13.2. The lowest BCUT2D eigenvalue weighted by atomic mass is 10.2. The van der Waals surface area contributed by atoms with Gasteiger partial charge in [0.25, 0.3) is 0 Å². The maximum Gasteiger partial charge on any atom is 0.161 e. The van der Waals surface area contributed by atoms with E-state index in [1.165, 1.54) is 12.1 Å². The lowest BCUT2D eigenvalue weighted by Gasteiger charge is -2.13. The molecular weight excluding hydrogens is 335 g/mol. The average Bonchev–Trinajstić information content (AvgIpc) is 2.44. The summed E-state index contributed by atoms with van der Waals surface area (Å²) in [5.74, 6) is 0.793. The summed E-state index contributed by atoms with van der Waals surface area (Å²) >= 11 is 3.43.